The van der Waals surface area contributed by atoms with Gasteiger partial charge in [-0.15, -0.1) is 11.3 Å². The van der Waals surface area contributed by atoms with Gasteiger partial charge in [-0.05, 0) is 44.3 Å². The van der Waals surface area contributed by atoms with Gasteiger partial charge in [0.15, 0.2) is 0 Å². The molecule has 2 N–H and O–H groups in total. The highest BCUT2D eigenvalue weighted by molar-refractivity contribution is 9.12. The van der Waals surface area contributed by atoms with E-state index in [1.165, 1.54) is 11.3 Å². The van der Waals surface area contributed by atoms with E-state index in [1.807, 2.05) is 0 Å². The van der Waals surface area contributed by atoms with Crippen LogP contribution in [-0.4, -0.2) is 37.4 Å². The maximum Gasteiger partial charge on any atom is 0.253 e. The second kappa shape index (κ2) is 7.48. The SMILES string of the molecule is COCC(CCO)NC(=O)c1cc(Br)sc1Br. The van der Waals surface area contributed by atoms with Gasteiger partial charge in [-0.3, -0.25) is 4.79 Å². The Morgan fingerprint density at radius 1 is 1.65 bits per heavy atom. The Morgan fingerprint density at radius 3 is 2.82 bits per heavy atom. The smallest absolute Gasteiger partial charge is 0.253 e. The maximum atomic E-state index is 11.9. The van der Waals surface area contributed by atoms with E-state index in [4.69, 9.17) is 9.84 Å². The Kier molecular flexibility index (Phi) is 6.65. The lowest BCUT2D eigenvalue weighted by atomic mass is 10.2. The van der Waals surface area contributed by atoms with Gasteiger partial charge >= 0.3 is 0 Å². The van der Waals surface area contributed by atoms with Gasteiger partial charge < -0.3 is 15.2 Å². The normalized spacial score (nSPS) is 12.5. The van der Waals surface area contributed by atoms with E-state index >= 15 is 0 Å². The van der Waals surface area contributed by atoms with E-state index in [0.717, 1.165) is 7.57 Å². The molecule has 0 saturated heterocycles. The second-order valence-corrected chi connectivity index (χ2v) is 7.13. The lowest BCUT2D eigenvalue weighted by molar-refractivity contribution is 0.0878. The third-order valence-electron chi connectivity index (χ3n) is 2.08. The molecule has 0 aliphatic heterocycles. The predicted octanol–water partition coefficient (Wildman–Crippen LogP) is 2.40. The Labute approximate surface area is 121 Å². The first-order chi connectivity index (χ1) is 8.08. The van der Waals surface area contributed by atoms with Crippen molar-refractivity contribution in [2.45, 2.75) is 12.5 Å². The van der Waals surface area contributed by atoms with E-state index in [1.54, 1.807) is 13.2 Å². The molecule has 0 saturated carbocycles. The fourth-order valence-electron chi connectivity index (χ4n) is 1.31. The Balaban J connectivity index is 2.66. The number of amides is 1. The molecule has 17 heavy (non-hydrogen) atoms. The van der Waals surface area contributed by atoms with E-state index in [0.29, 0.717) is 18.6 Å². The van der Waals surface area contributed by atoms with Crippen LogP contribution in [0.4, 0.5) is 0 Å². The molecule has 1 aromatic heterocycles. The first-order valence-corrected chi connectivity index (χ1v) is 7.34. The second-order valence-electron chi connectivity index (χ2n) is 3.38. The molecular weight excluding hydrogens is 374 g/mol. The van der Waals surface area contributed by atoms with E-state index in [9.17, 15) is 4.79 Å². The summed E-state index contributed by atoms with van der Waals surface area (Å²) in [6, 6.07) is 1.58. The van der Waals surface area contributed by atoms with Crippen molar-refractivity contribution in [3.05, 3.63) is 19.2 Å². The first kappa shape index (κ1) is 15.1. The molecule has 0 radical (unpaired) electrons. The maximum absolute atomic E-state index is 11.9. The van der Waals surface area contributed by atoms with Gasteiger partial charge in [-0.25, -0.2) is 0 Å². The van der Waals surface area contributed by atoms with Crippen molar-refractivity contribution < 1.29 is 14.6 Å². The summed E-state index contributed by atoms with van der Waals surface area (Å²) in [6.07, 6.45) is 0.475. The number of methoxy groups -OCH3 is 1. The van der Waals surface area contributed by atoms with E-state index in [-0.39, 0.29) is 18.6 Å². The molecule has 0 spiro atoms. The number of hydrogen-bond acceptors (Lipinski definition) is 4. The molecule has 0 aliphatic carbocycles. The summed E-state index contributed by atoms with van der Waals surface area (Å²) in [4.78, 5) is 11.9. The number of hydrogen-bond donors (Lipinski definition) is 2. The number of rotatable bonds is 6. The lowest BCUT2D eigenvalue weighted by Crippen LogP contribution is -2.38. The third kappa shape index (κ3) is 4.67. The number of carbonyl (C=O) groups excluding carboxylic acids is 1. The van der Waals surface area contributed by atoms with Crippen molar-refractivity contribution in [3.8, 4) is 0 Å². The Bertz CT molecular complexity index is 378. The minimum absolute atomic E-state index is 0.0167. The average Bonchev–Trinajstić information content (AvgIpc) is 2.58. The molecule has 4 nitrogen and oxygen atoms in total. The molecule has 0 bridgehead atoms. The van der Waals surface area contributed by atoms with Crippen LogP contribution < -0.4 is 5.32 Å². The number of nitrogens with one attached hydrogen (secondary N) is 1. The third-order valence-corrected chi connectivity index (χ3v) is 4.42. The van der Waals surface area contributed by atoms with Gasteiger partial charge in [0.1, 0.15) is 0 Å². The van der Waals surface area contributed by atoms with Gasteiger partial charge in [0.05, 0.1) is 25.8 Å². The fourth-order valence-corrected chi connectivity index (χ4v) is 4.11. The monoisotopic (exact) mass is 385 g/mol. The summed E-state index contributed by atoms with van der Waals surface area (Å²) in [5.74, 6) is -0.172. The average molecular weight is 387 g/mol. The zero-order valence-corrected chi connectivity index (χ0v) is 13.2. The Morgan fingerprint density at radius 2 is 2.35 bits per heavy atom. The molecule has 0 aliphatic rings. The van der Waals surface area contributed by atoms with Crippen molar-refractivity contribution in [3.63, 3.8) is 0 Å². The molecule has 96 valence electrons. The summed E-state index contributed by atoms with van der Waals surface area (Å²) in [5.41, 5.74) is 0.584. The number of halogens is 2. The van der Waals surface area contributed by atoms with Crippen LogP contribution in [0.15, 0.2) is 13.6 Å². The standard InChI is InChI=1S/C10H13Br2NO3S/c1-16-5-6(2-3-14)13-10(15)7-4-8(11)17-9(7)12/h4,6,14H,2-3,5H2,1H3,(H,13,15). The summed E-state index contributed by atoms with van der Waals surface area (Å²) in [5, 5.41) is 11.7. The zero-order valence-electron chi connectivity index (χ0n) is 9.20. The van der Waals surface area contributed by atoms with Crippen LogP contribution in [0.25, 0.3) is 0 Å². The van der Waals surface area contributed by atoms with Crippen LogP contribution in [0.5, 0.6) is 0 Å². The quantitative estimate of drug-likeness (QED) is 0.789. The molecule has 7 heteroatoms. The van der Waals surface area contributed by atoms with Crippen molar-refractivity contribution in [2.24, 2.45) is 0 Å². The largest absolute Gasteiger partial charge is 0.396 e. The van der Waals surface area contributed by atoms with Crippen LogP contribution in [0.2, 0.25) is 0 Å². The van der Waals surface area contributed by atoms with Crippen LogP contribution in [-0.2, 0) is 4.74 Å². The highest BCUT2D eigenvalue weighted by Crippen LogP contribution is 2.31. The summed E-state index contributed by atoms with van der Waals surface area (Å²) in [6.45, 7) is 0.401. The Hall–Kier alpha value is 0.0500. The molecular formula is C10H13Br2NO3S. The van der Waals surface area contributed by atoms with Crippen molar-refractivity contribution in [2.75, 3.05) is 20.3 Å². The molecule has 0 fully saturated rings. The number of carbonyl (C=O) groups is 1. The van der Waals surface area contributed by atoms with Gasteiger partial charge in [0.25, 0.3) is 5.91 Å². The van der Waals surface area contributed by atoms with Crippen LogP contribution in [0, 0.1) is 0 Å². The minimum atomic E-state index is -0.178. The summed E-state index contributed by atoms with van der Waals surface area (Å²) in [7, 11) is 1.56. The minimum Gasteiger partial charge on any atom is -0.396 e. The highest BCUT2D eigenvalue weighted by Gasteiger charge is 2.17. The molecule has 1 heterocycles. The lowest BCUT2D eigenvalue weighted by Gasteiger charge is -2.16. The molecule has 1 atom stereocenters. The molecule has 1 rings (SSSR count). The zero-order chi connectivity index (χ0) is 12.8. The summed E-state index contributed by atoms with van der Waals surface area (Å²) < 4.78 is 6.65. The van der Waals surface area contributed by atoms with Gasteiger partial charge in [0.2, 0.25) is 0 Å². The van der Waals surface area contributed by atoms with Crippen molar-refractivity contribution in [1.82, 2.24) is 5.32 Å². The van der Waals surface area contributed by atoms with Crippen LogP contribution in [0.3, 0.4) is 0 Å². The number of ether oxygens (including phenoxy) is 1. The number of aliphatic hydroxyl groups is 1. The van der Waals surface area contributed by atoms with Crippen LogP contribution in [0.1, 0.15) is 16.8 Å². The van der Waals surface area contributed by atoms with E-state index in [2.05, 4.69) is 37.2 Å². The van der Waals surface area contributed by atoms with Crippen molar-refractivity contribution >= 4 is 49.1 Å². The number of thiophene rings is 1. The topological polar surface area (TPSA) is 58.6 Å². The fraction of sp³-hybridized carbons (Fsp3) is 0.500. The van der Waals surface area contributed by atoms with Gasteiger partial charge in [0, 0.05) is 13.7 Å². The molecule has 0 aromatic carbocycles. The summed E-state index contributed by atoms with van der Waals surface area (Å²) >= 11 is 8.10. The molecule has 1 aromatic rings. The van der Waals surface area contributed by atoms with Gasteiger partial charge in [-0.1, -0.05) is 0 Å². The van der Waals surface area contributed by atoms with E-state index < -0.39 is 0 Å². The van der Waals surface area contributed by atoms with Crippen molar-refractivity contribution in [1.29, 1.82) is 0 Å². The predicted molar refractivity (Wildman–Crippen MR) is 74.6 cm³/mol. The first-order valence-electron chi connectivity index (χ1n) is 4.94. The number of aliphatic hydroxyl groups excluding tert-OH is 1. The highest BCUT2D eigenvalue weighted by atomic mass is 79.9. The van der Waals surface area contributed by atoms with Gasteiger partial charge in [-0.2, -0.15) is 0 Å². The van der Waals surface area contributed by atoms with Crippen LogP contribution >= 0.6 is 43.2 Å². The molecule has 1 unspecified atom stereocenters. The molecule has 1 amide bonds.